The molecule has 2 amide bonds. The predicted molar refractivity (Wildman–Crippen MR) is 104 cm³/mol. The molecule has 1 saturated heterocycles. The average Bonchev–Trinajstić information content (AvgIpc) is 2.73. The summed E-state index contributed by atoms with van der Waals surface area (Å²) in [6.07, 6.45) is 1.18. The van der Waals surface area contributed by atoms with Crippen molar-refractivity contribution in [2.75, 3.05) is 32.6 Å². The number of carbonyl (C=O) groups excluding carboxylic acids is 2. The minimum atomic E-state index is -0.379. The zero-order valence-electron chi connectivity index (χ0n) is 15.6. The smallest absolute Gasteiger partial charge is 0.409 e. The summed E-state index contributed by atoms with van der Waals surface area (Å²) in [5, 5.41) is 2.95. The maximum atomic E-state index is 12.6. The summed E-state index contributed by atoms with van der Waals surface area (Å²) in [5.41, 5.74) is 2.83. The van der Waals surface area contributed by atoms with Gasteiger partial charge < -0.3 is 19.7 Å². The van der Waals surface area contributed by atoms with Crippen molar-refractivity contribution in [2.24, 2.45) is 5.92 Å². The van der Waals surface area contributed by atoms with Crippen LogP contribution in [-0.4, -0.2) is 44.2 Å². The number of rotatable bonds is 4. The molecule has 2 aromatic rings. The first-order chi connectivity index (χ1) is 13.1. The van der Waals surface area contributed by atoms with E-state index < -0.39 is 0 Å². The highest BCUT2D eigenvalue weighted by Gasteiger charge is 2.28. The SMILES string of the molecule is COC(=O)N1CCC[C@@H](C(=O)Nc2ccc(-c3cccc(OC)c3)cc2)C1. The third-order valence-electron chi connectivity index (χ3n) is 4.78. The molecular formula is C21H24N2O4. The molecule has 1 fully saturated rings. The molecule has 1 aliphatic rings. The van der Waals surface area contributed by atoms with E-state index in [0.29, 0.717) is 13.1 Å². The molecule has 2 aromatic carbocycles. The molecule has 3 rings (SSSR count). The molecule has 0 aromatic heterocycles. The summed E-state index contributed by atoms with van der Waals surface area (Å²) < 4.78 is 10.0. The van der Waals surface area contributed by atoms with Gasteiger partial charge in [0.25, 0.3) is 0 Å². The minimum absolute atomic E-state index is 0.0715. The second-order valence-corrected chi connectivity index (χ2v) is 6.55. The van der Waals surface area contributed by atoms with Gasteiger partial charge in [-0.3, -0.25) is 4.79 Å². The number of ether oxygens (including phenoxy) is 2. The Balaban J connectivity index is 1.64. The Morgan fingerprint density at radius 3 is 2.56 bits per heavy atom. The quantitative estimate of drug-likeness (QED) is 0.892. The van der Waals surface area contributed by atoms with Crippen molar-refractivity contribution < 1.29 is 19.1 Å². The van der Waals surface area contributed by atoms with Gasteiger partial charge in [-0.15, -0.1) is 0 Å². The molecule has 6 nitrogen and oxygen atoms in total. The van der Waals surface area contributed by atoms with E-state index in [4.69, 9.17) is 9.47 Å². The van der Waals surface area contributed by atoms with Crippen molar-refractivity contribution in [2.45, 2.75) is 12.8 Å². The Kier molecular flexibility index (Phi) is 5.96. The van der Waals surface area contributed by atoms with Gasteiger partial charge in [0.05, 0.1) is 20.1 Å². The van der Waals surface area contributed by atoms with Crippen LogP contribution in [0.3, 0.4) is 0 Å². The number of benzene rings is 2. The van der Waals surface area contributed by atoms with Crippen LogP contribution in [0.15, 0.2) is 48.5 Å². The maximum absolute atomic E-state index is 12.6. The van der Waals surface area contributed by atoms with Gasteiger partial charge in [-0.2, -0.15) is 0 Å². The van der Waals surface area contributed by atoms with E-state index in [0.717, 1.165) is 35.4 Å². The molecule has 1 aliphatic heterocycles. The number of nitrogens with one attached hydrogen (secondary N) is 1. The van der Waals surface area contributed by atoms with E-state index >= 15 is 0 Å². The molecule has 6 heteroatoms. The van der Waals surface area contributed by atoms with Crippen LogP contribution in [0.1, 0.15) is 12.8 Å². The fourth-order valence-electron chi connectivity index (χ4n) is 3.28. The molecule has 0 radical (unpaired) electrons. The third-order valence-corrected chi connectivity index (χ3v) is 4.78. The lowest BCUT2D eigenvalue weighted by atomic mass is 9.97. The van der Waals surface area contributed by atoms with E-state index in [-0.39, 0.29) is 17.9 Å². The Bertz CT molecular complexity index is 804. The molecule has 1 atom stereocenters. The normalized spacial score (nSPS) is 16.5. The number of hydrogen-bond donors (Lipinski definition) is 1. The highest BCUT2D eigenvalue weighted by molar-refractivity contribution is 5.93. The number of nitrogens with zero attached hydrogens (tertiary/aromatic N) is 1. The highest BCUT2D eigenvalue weighted by Crippen LogP contribution is 2.26. The van der Waals surface area contributed by atoms with Gasteiger partial charge in [0.15, 0.2) is 0 Å². The monoisotopic (exact) mass is 368 g/mol. The van der Waals surface area contributed by atoms with Crippen LogP contribution >= 0.6 is 0 Å². The van der Waals surface area contributed by atoms with Crippen molar-refractivity contribution >= 4 is 17.7 Å². The van der Waals surface area contributed by atoms with E-state index in [1.165, 1.54) is 7.11 Å². The molecule has 0 spiro atoms. The van der Waals surface area contributed by atoms with E-state index in [9.17, 15) is 9.59 Å². The first kappa shape index (κ1) is 18.8. The average molecular weight is 368 g/mol. The summed E-state index contributed by atoms with van der Waals surface area (Å²) in [4.78, 5) is 25.8. The highest BCUT2D eigenvalue weighted by atomic mass is 16.5. The number of likely N-dealkylation sites (tertiary alicyclic amines) is 1. The second-order valence-electron chi connectivity index (χ2n) is 6.55. The summed E-state index contributed by atoms with van der Waals surface area (Å²) in [7, 11) is 3.00. The Hall–Kier alpha value is -3.02. The fraction of sp³-hybridized carbons (Fsp3) is 0.333. The van der Waals surface area contributed by atoms with Gasteiger partial charge >= 0.3 is 6.09 Å². The number of carbonyl (C=O) groups is 2. The lowest BCUT2D eigenvalue weighted by Gasteiger charge is -2.30. The van der Waals surface area contributed by atoms with E-state index in [1.54, 1.807) is 12.0 Å². The molecule has 0 bridgehead atoms. The number of piperidine rings is 1. The van der Waals surface area contributed by atoms with Gasteiger partial charge in [0, 0.05) is 18.8 Å². The molecular weight excluding hydrogens is 344 g/mol. The third kappa shape index (κ3) is 4.58. The topological polar surface area (TPSA) is 67.9 Å². The number of amides is 2. The van der Waals surface area contributed by atoms with Crippen molar-refractivity contribution in [1.29, 1.82) is 0 Å². The van der Waals surface area contributed by atoms with Crippen LogP contribution in [0.2, 0.25) is 0 Å². The van der Waals surface area contributed by atoms with Crippen LogP contribution in [0.4, 0.5) is 10.5 Å². The van der Waals surface area contributed by atoms with Crippen LogP contribution in [0.25, 0.3) is 11.1 Å². The molecule has 142 valence electrons. The van der Waals surface area contributed by atoms with Crippen LogP contribution in [0, 0.1) is 5.92 Å². The lowest BCUT2D eigenvalue weighted by molar-refractivity contribution is -0.121. The summed E-state index contributed by atoms with van der Waals surface area (Å²) in [6.45, 7) is 1.02. The Morgan fingerprint density at radius 1 is 1.07 bits per heavy atom. The van der Waals surface area contributed by atoms with Gasteiger partial charge in [-0.25, -0.2) is 4.79 Å². The van der Waals surface area contributed by atoms with Crippen LogP contribution in [0.5, 0.6) is 5.75 Å². The van der Waals surface area contributed by atoms with Crippen molar-refractivity contribution in [3.63, 3.8) is 0 Å². The zero-order valence-corrected chi connectivity index (χ0v) is 15.6. The molecule has 0 unspecified atom stereocenters. The number of methoxy groups -OCH3 is 2. The summed E-state index contributed by atoms with van der Waals surface area (Å²) >= 11 is 0. The molecule has 27 heavy (non-hydrogen) atoms. The van der Waals surface area contributed by atoms with Crippen molar-refractivity contribution in [3.8, 4) is 16.9 Å². The van der Waals surface area contributed by atoms with Crippen molar-refractivity contribution in [3.05, 3.63) is 48.5 Å². The molecule has 1 N–H and O–H groups in total. The standard InChI is InChI=1S/C21H24N2O4/c1-26-19-7-3-5-16(13-19)15-8-10-18(11-9-15)22-20(24)17-6-4-12-23(14-17)21(25)27-2/h3,5,7-11,13,17H,4,6,12,14H2,1-2H3,(H,22,24)/t17-/m1/s1. The number of anilines is 1. The van der Waals surface area contributed by atoms with Crippen LogP contribution < -0.4 is 10.1 Å². The predicted octanol–water partition coefficient (Wildman–Crippen LogP) is 3.78. The largest absolute Gasteiger partial charge is 0.497 e. The second kappa shape index (κ2) is 8.58. The first-order valence-corrected chi connectivity index (χ1v) is 8.99. The van der Waals surface area contributed by atoms with Crippen LogP contribution in [-0.2, 0) is 9.53 Å². The Labute approximate surface area is 159 Å². The minimum Gasteiger partial charge on any atom is -0.497 e. The van der Waals surface area contributed by atoms with E-state index in [1.807, 2.05) is 48.5 Å². The molecule has 0 saturated carbocycles. The zero-order chi connectivity index (χ0) is 19.2. The Morgan fingerprint density at radius 2 is 1.85 bits per heavy atom. The summed E-state index contributed by atoms with van der Waals surface area (Å²) in [5.74, 6) is 0.506. The first-order valence-electron chi connectivity index (χ1n) is 8.99. The molecule has 0 aliphatic carbocycles. The maximum Gasteiger partial charge on any atom is 0.409 e. The van der Waals surface area contributed by atoms with Gasteiger partial charge in [0.1, 0.15) is 5.75 Å². The van der Waals surface area contributed by atoms with Gasteiger partial charge in [-0.1, -0.05) is 24.3 Å². The fourth-order valence-corrected chi connectivity index (χ4v) is 3.28. The van der Waals surface area contributed by atoms with Gasteiger partial charge in [0.2, 0.25) is 5.91 Å². The molecule has 1 heterocycles. The van der Waals surface area contributed by atoms with Gasteiger partial charge in [-0.05, 0) is 48.2 Å². The number of hydrogen-bond acceptors (Lipinski definition) is 4. The lowest BCUT2D eigenvalue weighted by Crippen LogP contribution is -2.43. The van der Waals surface area contributed by atoms with Crippen molar-refractivity contribution in [1.82, 2.24) is 4.90 Å². The summed E-state index contributed by atoms with van der Waals surface area (Å²) in [6, 6.07) is 15.5. The van der Waals surface area contributed by atoms with E-state index in [2.05, 4.69) is 5.32 Å².